The van der Waals surface area contributed by atoms with Crippen molar-refractivity contribution in [3.8, 4) is 11.5 Å². The van der Waals surface area contributed by atoms with E-state index in [1.807, 2.05) is 0 Å². The fourth-order valence-corrected chi connectivity index (χ4v) is 3.11. The van der Waals surface area contributed by atoms with Gasteiger partial charge in [-0.25, -0.2) is 0 Å². The van der Waals surface area contributed by atoms with E-state index in [1.54, 1.807) is 12.1 Å². The second-order valence-corrected chi connectivity index (χ2v) is 5.16. The van der Waals surface area contributed by atoms with E-state index >= 15 is 0 Å². The van der Waals surface area contributed by atoms with Gasteiger partial charge in [-0.15, -0.1) is 0 Å². The summed E-state index contributed by atoms with van der Waals surface area (Å²) in [4.78, 5) is 11.7. The van der Waals surface area contributed by atoms with Gasteiger partial charge >= 0.3 is 5.97 Å². The third kappa shape index (κ3) is 2.14. The first-order valence-electron chi connectivity index (χ1n) is 6.21. The summed E-state index contributed by atoms with van der Waals surface area (Å²) in [6.45, 7) is 0. The first kappa shape index (κ1) is 14.0. The van der Waals surface area contributed by atoms with Crippen LogP contribution in [0.1, 0.15) is 31.2 Å². The van der Waals surface area contributed by atoms with Crippen molar-refractivity contribution in [1.29, 1.82) is 0 Å². The zero-order chi connectivity index (χ0) is 14.0. The second kappa shape index (κ2) is 5.29. The molecule has 0 unspecified atom stereocenters. The van der Waals surface area contributed by atoms with Gasteiger partial charge in [-0.05, 0) is 18.9 Å². The quantitative estimate of drug-likeness (QED) is 0.922. The molecule has 5 heteroatoms. The van der Waals surface area contributed by atoms with Gasteiger partial charge in [0.05, 0.1) is 24.7 Å². The molecule has 4 nitrogen and oxygen atoms in total. The Morgan fingerprint density at radius 1 is 1.21 bits per heavy atom. The smallest absolute Gasteiger partial charge is 0.314 e. The van der Waals surface area contributed by atoms with Crippen LogP contribution in [0.25, 0.3) is 0 Å². The van der Waals surface area contributed by atoms with Crippen molar-refractivity contribution in [2.45, 2.75) is 31.1 Å². The van der Waals surface area contributed by atoms with Crippen LogP contribution >= 0.6 is 11.6 Å². The van der Waals surface area contributed by atoms with Crippen molar-refractivity contribution in [1.82, 2.24) is 0 Å². The van der Waals surface area contributed by atoms with E-state index in [9.17, 15) is 9.90 Å². The van der Waals surface area contributed by atoms with Gasteiger partial charge < -0.3 is 14.6 Å². The number of hydrogen-bond donors (Lipinski definition) is 1. The Bertz CT molecular complexity index is 492. The molecule has 1 aliphatic carbocycles. The summed E-state index contributed by atoms with van der Waals surface area (Å²) in [5.41, 5.74) is -0.232. The number of methoxy groups -OCH3 is 2. The summed E-state index contributed by atoms with van der Waals surface area (Å²) in [5.74, 6) is 0.0150. The highest BCUT2D eigenvalue weighted by Gasteiger charge is 2.45. The molecular weight excluding hydrogens is 268 g/mol. The second-order valence-electron chi connectivity index (χ2n) is 4.76. The largest absolute Gasteiger partial charge is 0.492 e. The Kier molecular flexibility index (Phi) is 3.90. The lowest BCUT2D eigenvalue weighted by Gasteiger charge is -2.27. The lowest BCUT2D eigenvalue weighted by atomic mass is 9.78. The van der Waals surface area contributed by atoms with Crippen LogP contribution in [0, 0.1) is 0 Å². The maximum Gasteiger partial charge on any atom is 0.314 e. The minimum absolute atomic E-state index is 0.397. The molecule has 0 spiro atoms. The van der Waals surface area contributed by atoms with Crippen LogP contribution in [0.2, 0.25) is 5.02 Å². The number of aliphatic carboxylic acids is 1. The van der Waals surface area contributed by atoms with Gasteiger partial charge in [0.15, 0.2) is 11.5 Å². The van der Waals surface area contributed by atoms with E-state index in [4.69, 9.17) is 21.1 Å². The molecule has 1 aromatic carbocycles. The van der Waals surface area contributed by atoms with Crippen molar-refractivity contribution in [3.05, 3.63) is 22.7 Å². The Morgan fingerprint density at radius 2 is 1.79 bits per heavy atom. The van der Waals surface area contributed by atoms with E-state index in [2.05, 4.69) is 0 Å². The Labute approximate surface area is 117 Å². The summed E-state index contributed by atoms with van der Waals surface area (Å²) in [6.07, 6.45) is 3.04. The SMILES string of the molecule is COc1c(Cl)ccc(C2(C(=O)O)CCCC2)c1OC. The molecule has 1 aromatic rings. The molecule has 0 amide bonds. The zero-order valence-electron chi connectivity index (χ0n) is 11.0. The van der Waals surface area contributed by atoms with Gasteiger partial charge in [-0.2, -0.15) is 0 Å². The van der Waals surface area contributed by atoms with E-state index in [1.165, 1.54) is 14.2 Å². The minimum Gasteiger partial charge on any atom is -0.492 e. The van der Waals surface area contributed by atoms with Gasteiger partial charge in [0.1, 0.15) is 0 Å². The van der Waals surface area contributed by atoms with Gasteiger partial charge in [-0.3, -0.25) is 4.79 Å². The number of halogens is 1. The van der Waals surface area contributed by atoms with Crippen LogP contribution < -0.4 is 9.47 Å². The molecule has 0 saturated heterocycles. The number of carbonyl (C=O) groups is 1. The third-order valence-corrected chi connectivity index (χ3v) is 4.15. The van der Waals surface area contributed by atoms with E-state index in [0.717, 1.165) is 12.8 Å². The van der Waals surface area contributed by atoms with Gasteiger partial charge in [0.25, 0.3) is 0 Å². The van der Waals surface area contributed by atoms with Crippen LogP contribution in [0.5, 0.6) is 11.5 Å². The first-order valence-corrected chi connectivity index (χ1v) is 6.59. The van der Waals surface area contributed by atoms with Crippen molar-refractivity contribution in [2.75, 3.05) is 14.2 Å². The average Bonchev–Trinajstić information content (AvgIpc) is 2.88. The van der Waals surface area contributed by atoms with Crippen molar-refractivity contribution in [2.24, 2.45) is 0 Å². The normalized spacial score (nSPS) is 17.2. The van der Waals surface area contributed by atoms with Crippen molar-refractivity contribution >= 4 is 17.6 Å². The molecule has 1 fully saturated rings. The fraction of sp³-hybridized carbons (Fsp3) is 0.500. The maximum absolute atomic E-state index is 11.7. The molecular formula is C14H17ClO4. The molecule has 0 radical (unpaired) electrons. The molecule has 0 aromatic heterocycles. The van der Waals surface area contributed by atoms with Crippen molar-refractivity contribution < 1.29 is 19.4 Å². The molecule has 1 saturated carbocycles. The van der Waals surface area contributed by atoms with Crippen LogP contribution in [-0.4, -0.2) is 25.3 Å². The van der Waals surface area contributed by atoms with Gasteiger partial charge in [0, 0.05) is 5.56 Å². The minimum atomic E-state index is -0.886. The predicted molar refractivity (Wildman–Crippen MR) is 72.3 cm³/mol. The highest BCUT2D eigenvalue weighted by molar-refractivity contribution is 6.32. The number of carboxylic acids is 1. The highest BCUT2D eigenvalue weighted by atomic mass is 35.5. The molecule has 1 aliphatic rings. The number of ether oxygens (including phenoxy) is 2. The highest BCUT2D eigenvalue weighted by Crippen LogP contribution is 2.49. The lowest BCUT2D eigenvalue weighted by molar-refractivity contribution is -0.143. The molecule has 104 valence electrons. The Morgan fingerprint density at radius 3 is 2.26 bits per heavy atom. The van der Waals surface area contributed by atoms with E-state index < -0.39 is 11.4 Å². The Hall–Kier alpha value is -1.42. The monoisotopic (exact) mass is 284 g/mol. The third-order valence-electron chi connectivity index (χ3n) is 3.85. The van der Waals surface area contributed by atoms with Gasteiger partial charge in [-0.1, -0.05) is 30.5 Å². The molecule has 0 bridgehead atoms. The van der Waals surface area contributed by atoms with Crippen LogP contribution in [-0.2, 0) is 10.2 Å². The summed E-state index contributed by atoms with van der Waals surface area (Å²) >= 11 is 6.06. The average molecular weight is 285 g/mol. The number of carboxylic acid groups (broad SMARTS) is 1. The number of rotatable bonds is 4. The molecule has 2 rings (SSSR count). The summed E-state index contributed by atoms with van der Waals surface area (Å²) < 4.78 is 10.6. The lowest BCUT2D eigenvalue weighted by Crippen LogP contribution is -2.33. The standard InChI is InChI=1S/C14H17ClO4/c1-18-11-9(5-6-10(15)12(11)19-2)14(13(16)17)7-3-4-8-14/h5-6H,3-4,7-8H2,1-2H3,(H,16,17). The predicted octanol–water partition coefficient (Wildman–Crippen LogP) is 3.25. The number of benzene rings is 1. The summed E-state index contributed by atoms with van der Waals surface area (Å²) in [6, 6.07) is 3.41. The van der Waals surface area contributed by atoms with E-state index in [0.29, 0.717) is 34.9 Å². The summed E-state index contributed by atoms with van der Waals surface area (Å²) in [5, 5.41) is 10.1. The topological polar surface area (TPSA) is 55.8 Å². The van der Waals surface area contributed by atoms with Crippen LogP contribution in [0.4, 0.5) is 0 Å². The zero-order valence-corrected chi connectivity index (χ0v) is 11.8. The van der Waals surface area contributed by atoms with Gasteiger partial charge in [0.2, 0.25) is 0 Å². The van der Waals surface area contributed by atoms with E-state index in [-0.39, 0.29) is 0 Å². The van der Waals surface area contributed by atoms with Crippen LogP contribution in [0.15, 0.2) is 12.1 Å². The van der Waals surface area contributed by atoms with Crippen molar-refractivity contribution in [3.63, 3.8) is 0 Å². The number of hydrogen-bond acceptors (Lipinski definition) is 3. The molecule has 0 aliphatic heterocycles. The Balaban J connectivity index is 2.64. The van der Waals surface area contributed by atoms with Crippen LogP contribution in [0.3, 0.4) is 0 Å². The summed E-state index contributed by atoms with van der Waals surface area (Å²) in [7, 11) is 3.00. The fourth-order valence-electron chi connectivity index (χ4n) is 2.89. The first-order chi connectivity index (χ1) is 9.06. The molecule has 19 heavy (non-hydrogen) atoms. The molecule has 0 atom stereocenters. The molecule has 0 heterocycles. The molecule has 1 N–H and O–H groups in total. The maximum atomic E-state index is 11.7.